The second-order valence-corrected chi connectivity index (χ2v) is 5.26. The molecule has 2 rings (SSSR count). The van der Waals surface area contributed by atoms with Crippen molar-refractivity contribution in [3.63, 3.8) is 0 Å². The quantitative estimate of drug-likeness (QED) is 0.832. The number of amides is 1. The first-order valence-electron chi connectivity index (χ1n) is 5.89. The van der Waals surface area contributed by atoms with Gasteiger partial charge in [0.2, 0.25) is 5.91 Å². The van der Waals surface area contributed by atoms with Gasteiger partial charge in [0.1, 0.15) is 0 Å². The fraction of sp³-hybridized carbons (Fsp3) is 0.462. The summed E-state index contributed by atoms with van der Waals surface area (Å²) in [6.07, 6.45) is 1.20. The molecule has 0 aromatic heterocycles. The topological polar surface area (TPSA) is 40.5 Å². The Hall–Kier alpha value is -1.00. The van der Waals surface area contributed by atoms with E-state index in [0.717, 1.165) is 4.90 Å². The molecule has 0 unspecified atom stereocenters. The van der Waals surface area contributed by atoms with Crippen LogP contribution in [0, 0.1) is 0 Å². The number of hydrogen-bond acceptors (Lipinski definition) is 3. The van der Waals surface area contributed by atoms with Crippen LogP contribution in [0.2, 0.25) is 0 Å². The molecule has 0 atom stereocenters. The predicted molar refractivity (Wildman–Crippen MR) is 69.0 cm³/mol. The van der Waals surface area contributed by atoms with Crippen LogP contribution >= 0.6 is 11.8 Å². The van der Waals surface area contributed by atoms with Gasteiger partial charge in [0.25, 0.3) is 0 Å². The minimum atomic E-state index is -0.221. The molecule has 92 valence electrons. The van der Waals surface area contributed by atoms with Gasteiger partial charge in [-0.2, -0.15) is 0 Å². The smallest absolute Gasteiger partial charge is 0.232 e. The van der Waals surface area contributed by atoms with Gasteiger partial charge < -0.3 is 10.0 Å². The van der Waals surface area contributed by atoms with Crippen molar-refractivity contribution in [2.24, 2.45) is 0 Å². The molecule has 1 saturated heterocycles. The number of nitrogens with zero attached hydrogens (tertiary/aromatic N) is 1. The summed E-state index contributed by atoms with van der Waals surface area (Å²) in [5, 5.41) is 9.37. The van der Waals surface area contributed by atoms with Crippen LogP contribution < -0.4 is 0 Å². The van der Waals surface area contributed by atoms with E-state index in [0.29, 0.717) is 31.7 Å². The maximum Gasteiger partial charge on any atom is 0.232 e. The summed E-state index contributed by atoms with van der Waals surface area (Å²) >= 11 is 1.57. The summed E-state index contributed by atoms with van der Waals surface area (Å²) in [6, 6.07) is 9.95. The molecular weight excluding hydrogens is 234 g/mol. The van der Waals surface area contributed by atoms with Gasteiger partial charge in [0.15, 0.2) is 0 Å². The summed E-state index contributed by atoms with van der Waals surface area (Å²) in [5.74, 6) is 0.658. The first kappa shape index (κ1) is 12.5. The normalized spacial score (nSPS) is 17.1. The zero-order chi connectivity index (χ0) is 12.1. The number of carbonyl (C=O) groups excluding carboxylic acids is 1. The Morgan fingerprint density at radius 2 is 1.94 bits per heavy atom. The Bertz CT molecular complexity index is 361. The molecule has 0 spiro atoms. The van der Waals surface area contributed by atoms with Gasteiger partial charge in [0.05, 0.1) is 11.9 Å². The second kappa shape index (κ2) is 6.07. The highest BCUT2D eigenvalue weighted by Crippen LogP contribution is 2.18. The Morgan fingerprint density at radius 1 is 1.29 bits per heavy atom. The Balaban J connectivity index is 1.78. The van der Waals surface area contributed by atoms with Gasteiger partial charge in [0, 0.05) is 18.0 Å². The molecule has 0 aliphatic carbocycles. The number of carbonyl (C=O) groups is 1. The highest BCUT2D eigenvalue weighted by molar-refractivity contribution is 8.00. The molecule has 0 radical (unpaired) electrons. The van der Waals surface area contributed by atoms with E-state index < -0.39 is 0 Å². The Kier molecular flexibility index (Phi) is 4.45. The molecule has 1 N–H and O–H groups in total. The largest absolute Gasteiger partial charge is 0.393 e. The first-order valence-corrected chi connectivity index (χ1v) is 6.88. The zero-order valence-electron chi connectivity index (χ0n) is 9.71. The highest BCUT2D eigenvalue weighted by Gasteiger charge is 2.20. The van der Waals surface area contributed by atoms with Crippen LogP contribution in [0.1, 0.15) is 12.8 Å². The van der Waals surface area contributed by atoms with Crippen molar-refractivity contribution in [2.75, 3.05) is 18.8 Å². The second-order valence-electron chi connectivity index (χ2n) is 4.21. The van der Waals surface area contributed by atoms with E-state index in [4.69, 9.17) is 0 Å². The Morgan fingerprint density at radius 3 is 2.59 bits per heavy atom. The molecule has 0 bridgehead atoms. The first-order chi connectivity index (χ1) is 8.25. The predicted octanol–water partition coefficient (Wildman–Crippen LogP) is 1.76. The third kappa shape index (κ3) is 3.75. The van der Waals surface area contributed by atoms with E-state index in [-0.39, 0.29) is 12.0 Å². The number of hydrogen-bond donors (Lipinski definition) is 1. The summed E-state index contributed by atoms with van der Waals surface area (Å²) < 4.78 is 0. The van der Waals surface area contributed by atoms with Crippen molar-refractivity contribution in [1.82, 2.24) is 4.90 Å². The maximum absolute atomic E-state index is 11.9. The summed E-state index contributed by atoms with van der Waals surface area (Å²) in [4.78, 5) is 14.9. The minimum absolute atomic E-state index is 0.172. The van der Waals surface area contributed by atoms with Gasteiger partial charge in [-0.3, -0.25) is 4.79 Å². The molecule has 0 saturated carbocycles. The lowest BCUT2D eigenvalue weighted by Crippen LogP contribution is -2.40. The van der Waals surface area contributed by atoms with Crippen molar-refractivity contribution in [3.05, 3.63) is 30.3 Å². The minimum Gasteiger partial charge on any atom is -0.393 e. The lowest BCUT2D eigenvalue weighted by Gasteiger charge is -2.29. The number of rotatable bonds is 3. The molecule has 1 amide bonds. The highest BCUT2D eigenvalue weighted by atomic mass is 32.2. The molecular formula is C13H17NO2S. The summed E-state index contributed by atoms with van der Waals surface area (Å²) in [6.45, 7) is 1.38. The van der Waals surface area contributed by atoms with E-state index >= 15 is 0 Å². The third-order valence-electron chi connectivity index (χ3n) is 2.92. The average Bonchev–Trinajstić information content (AvgIpc) is 2.38. The van der Waals surface area contributed by atoms with Crippen LogP contribution in [-0.2, 0) is 4.79 Å². The summed E-state index contributed by atoms with van der Waals surface area (Å²) in [7, 11) is 0. The van der Waals surface area contributed by atoms with E-state index in [1.54, 1.807) is 11.8 Å². The molecule has 1 aliphatic rings. The van der Waals surface area contributed by atoms with Crippen LogP contribution in [0.15, 0.2) is 35.2 Å². The summed E-state index contributed by atoms with van der Waals surface area (Å²) in [5.41, 5.74) is 0. The van der Waals surface area contributed by atoms with Crippen molar-refractivity contribution in [2.45, 2.75) is 23.8 Å². The molecule has 1 heterocycles. The standard InChI is InChI=1S/C13H17NO2S/c15-11-6-8-14(9-7-11)13(16)10-17-12-4-2-1-3-5-12/h1-5,11,15H,6-10H2. The molecule has 1 aromatic carbocycles. The van der Waals surface area contributed by atoms with Gasteiger partial charge in [-0.1, -0.05) is 18.2 Å². The third-order valence-corrected chi connectivity index (χ3v) is 3.92. The molecule has 3 nitrogen and oxygen atoms in total. The zero-order valence-corrected chi connectivity index (χ0v) is 10.5. The molecule has 1 aliphatic heterocycles. The number of benzene rings is 1. The van der Waals surface area contributed by atoms with Crippen molar-refractivity contribution in [3.8, 4) is 0 Å². The van der Waals surface area contributed by atoms with Crippen LogP contribution in [0.5, 0.6) is 0 Å². The van der Waals surface area contributed by atoms with Crippen molar-refractivity contribution < 1.29 is 9.90 Å². The van der Waals surface area contributed by atoms with Gasteiger partial charge >= 0.3 is 0 Å². The molecule has 1 aromatic rings. The van der Waals surface area contributed by atoms with Crippen molar-refractivity contribution in [1.29, 1.82) is 0 Å². The SMILES string of the molecule is O=C(CSc1ccccc1)N1CCC(O)CC1. The van der Waals surface area contributed by atoms with Gasteiger partial charge in [-0.25, -0.2) is 0 Å². The number of piperidine rings is 1. The van der Waals surface area contributed by atoms with E-state index in [1.807, 2.05) is 35.2 Å². The monoisotopic (exact) mass is 251 g/mol. The number of aliphatic hydroxyl groups is 1. The van der Waals surface area contributed by atoms with Crippen LogP contribution in [0.25, 0.3) is 0 Å². The number of aliphatic hydroxyl groups excluding tert-OH is 1. The van der Waals surface area contributed by atoms with Crippen LogP contribution in [0.4, 0.5) is 0 Å². The fourth-order valence-electron chi connectivity index (χ4n) is 1.87. The van der Waals surface area contributed by atoms with E-state index in [1.165, 1.54) is 0 Å². The Labute approximate surface area is 106 Å². The lowest BCUT2D eigenvalue weighted by molar-refractivity contribution is -0.130. The molecule has 4 heteroatoms. The fourth-order valence-corrected chi connectivity index (χ4v) is 2.69. The van der Waals surface area contributed by atoms with E-state index in [9.17, 15) is 9.90 Å². The number of thioether (sulfide) groups is 1. The average molecular weight is 251 g/mol. The van der Waals surface area contributed by atoms with Gasteiger partial charge in [-0.05, 0) is 25.0 Å². The molecule has 17 heavy (non-hydrogen) atoms. The van der Waals surface area contributed by atoms with Crippen molar-refractivity contribution >= 4 is 17.7 Å². The molecule has 1 fully saturated rings. The van der Waals surface area contributed by atoms with Crippen LogP contribution in [0.3, 0.4) is 0 Å². The van der Waals surface area contributed by atoms with Crippen LogP contribution in [-0.4, -0.2) is 40.9 Å². The number of likely N-dealkylation sites (tertiary alicyclic amines) is 1. The van der Waals surface area contributed by atoms with Gasteiger partial charge in [-0.15, -0.1) is 11.8 Å². The van der Waals surface area contributed by atoms with E-state index in [2.05, 4.69) is 0 Å². The maximum atomic E-state index is 11.9. The lowest BCUT2D eigenvalue weighted by atomic mass is 10.1.